The second kappa shape index (κ2) is 3.65. The zero-order valence-corrected chi connectivity index (χ0v) is 7.26. The third-order valence-corrected chi connectivity index (χ3v) is 1.81. The van der Waals surface area contributed by atoms with Gasteiger partial charge in [0.05, 0.1) is 10.0 Å². The molecule has 0 unspecified atom stereocenters. The Kier molecular flexibility index (Phi) is 2.78. The van der Waals surface area contributed by atoms with Crippen LogP contribution in [0.25, 0.3) is 0 Å². The molecule has 0 N–H and O–H groups in total. The van der Waals surface area contributed by atoms with Gasteiger partial charge in [-0.3, -0.25) is 9.59 Å². The predicted octanol–water partition coefficient (Wildman–Crippen LogP) is 2.01. The summed E-state index contributed by atoms with van der Waals surface area (Å²) in [5, 5.41) is 0.279. The van der Waals surface area contributed by atoms with Crippen molar-refractivity contribution in [3.8, 4) is 0 Å². The second-order valence-electron chi connectivity index (χ2n) is 1.96. The summed E-state index contributed by atoms with van der Waals surface area (Å²) in [4.78, 5) is 24.2. The number of hydrogen-bond donors (Lipinski definition) is 0. The normalized spacial score (nSPS) is 9.50. The molecule has 1 heterocycles. The lowest BCUT2D eigenvalue weighted by atomic mass is 10.3. The molecule has 0 atom stereocenters. The molecular formula is C7H3Cl2NO2. The lowest BCUT2D eigenvalue weighted by Crippen LogP contribution is -1.95. The summed E-state index contributed by atoms with van der Waals surface area (Å²) < 4.78 is 0. The quantitative estimate of drug-likeness (QED) is 0.692. The molecule has 5 heteroatoms. The van der Waals surface area contributed by atoms with Gasteiger partial charge in [-0.1, -0.05) is 23.2 Å². The van der Waals surface area contributed by atoms with Crippen molar-refractivity contribution in [1.29, 1.82) is 0 Å². The van der Waals surface area contributed by atoms with E-state index in [1.54, 1.807) is 0 Å². The monoisotopic (exact) mass is 203 g/mol. The molecule has 62 valence electrons. The van der Waals surface area contributed by atoms with Crippen molar-refractivity contribution in [3.05, 3.63) is 27.5 Å². The van der Waals surface area contributed by atoms with E-state index in [9.17, 15) is 9.59 Å². The fourth-order valence-corrected chi connectivity index (χ4v) is 1.11. The van der Waals surface area contributed by atoms with Gasteiger partial charge in [0.1, 0.15) is 11.4 Å². The maximum absolute atomic E-state index is 10.3. The smallest absolute Gasteiger partial charge is 0.169 e. The Morgan fingerprint density at radius 3 is 1.83 bits per heavy atom. The third kappa shape index (κ3) is 1.62. The van der Waals surface area contributed by atoms with Crippen molar-refractivity contribution in [2.75, 3.05) is 0 Å². The minimum Gasteiger partial charge on any atom is -0.296 e. The van der Waals surface area contributed by atoms with Gasteiger partial charge in [0, 0.05) is 0 Å². The first-order valence-electron chi connectivity index (χ1n) is 2.95. The highest BCUT2D eigenvalue weighted by Gasteiger charge is 2.07. The second-order valence-corrected chi connectivity index (χ2v) is 2.77. The molecule has 0 radical (unpaired) electrons. The van der Waals surface area contributed by atoms with Crippen molar-refractivity contribution >= 4 is 35.8 Å². The van der Waals surface area contributed by atoms with E-state index in [1.165, 1.54) is 6.07 Å². The lowest BCUT2D eigenvalue weighted by molar-refractivity contribution is 0.111. The number of aromatic nitrogens is 1. The van der Waals surface area contributed by atoms with Crippen molar-refractivity contribution in [2.24, 2.45) is 0 Å². The Bertz CT molecular complexity index is 309. The van der Waals surface area contributed by atoms with Crippen LogP contribution in [0.2, 0.25) is 10.0 Å². The van der Waals surface area contributed by atoms with Gasteiger partial charge in [0.15, 0.2) is 12.6 Å². The number of aldehydes is 2. The van der Waals surface area contributed by atoms with Gasteiger partial charge >= 0.3 is 0 Å². The maximum atomic E-state index is 10.3. The van der Waals surface area contributed by atoms with Crippen LogP contribution in [-0.2, 0) is 0 Å². The third-order valence-electron chi connectivity index (χ3n) is 1.21. The minimum absolute atomic E-state index is 0.0168. The summed E-state index contributed by atoms with van der Waals surface area (Å²) in [6, 6.07) is 1.31. The van der Waals surface area contributed by atoms with Gasteiger partial charge in [-0.05, 0) is 6.07 Å². The van der Waals surface area contributed by atoms with E-state index in [2.05, 4.69) is 4.98 Å². The largest absolute Gasteiger partial charge is 0.296 e. The van der Waals surface area contributed by atoms with E-state index in [0.29, 0.717) is 12.6 Å². The Balaban J connectivity index is 3.36. The average Bonchev–Trinajstić information content (AvgIpc) is 2.05. The first-order chi connectivity index (χ1) is 5.69. The molecule has 0 bridgehead atoms. The van der Waals surface area contributed by atoms with Crippen LogP contribution in [0.15, 0.2) is 6.07 Å². The maximum Gasteiger partial charge on any atom is 0.169 e. The lowest BCUT2D eigenvalue weighted by Gasteiger charge is -1.98. The van der Waals surface area contributed by atoms with Crippen LogP contribution in [0.1, 0.15) is 21.0 Å². The highest BCUT2D eigenvalue weighted by atomic mass is 35.5. The van der Waals surface area contributed by atoms with E-state index in [4.69, 9.17) is 23.2 Å². The number of halogens is 2. The zero-order chi connectivity index (χ0) is 9.14. The fraction of sp³-hybridized carbons (Fsp3) is 0. The van der Waals surface area contributed by atoms with E-state index < -0.39 is 0 Å². The van der Waals surface area contributed by atoms with Gasteiger partial charge in [-0.25, -0.2) is 4.98 Å². The molecular weight excluding hydrogens is 201 g/mol. The predicted molar refractivity (Wildman–Crippen MR) is 45.0 cm³/mol. The summed E-state index contributed by atoms with van der Waals surface area (Å²) in [5.74, 6) is 0. The summed E-state index contributed by atoms with van der Waals surface area (Å²) >= 11 is 11.1. The van der Waals surface area contributed by atoms with Crippen LogP contribution >= 0.6 is 23.2 Å². The zero-order valence-electron chi connectivity index (χ0n) is 5.75. The van der Waals surface area contributed by atoms with E-state index in [1.807, 2.05) is 0 Å². The molecule has 1 aromatic heterocycles. The molecule has 3 nitrogen and oxygen atoms in total. The van der Waals surface area contributed by atoms with E-state index in [-0.39, 0.29) is 21.4 Å². The molecule has 0 aromatic carbocycles. The molecule has 0 aliphatic heterocycles. The SMILES string of the molecule is O=Cc1nc(C=O)c(Cl)cc1Cl. The molecule has 0 saturated carbocycles. The number of carbonyl (C=O) groups is 2. The number of hydrogen-bond acceptors (Lipinski definition) is 3. The Morgan fingerprint density at radius 2 is 1.50 bits per heavy atom. The van der Waals surface area contributed by atoms with Crippen molar-refractivity contribution in [3.63, 3.8) is 0 Å². The van der Waals surface area contributed by atoms with Gasteiger partial charge in [0.2, 0.25) is 0 Å². The molecule has 0 saturated heterocycles. The molecule has 1 aromatic rings. The van der Waals surface area contributed by atoms with Crippen LogP contribution in [0, 0.1) is 0 Å². The summed E-state index contributed by atoms with van der Waals surface area (Å²) in [5.41, 5.74) is 0.0336. The van der Waals surface area contributed by atoms with Crippen LogP contribution in [0.4, 0.5) is 0 Å². The van der Waals surface area contributed by atoms with E-state index >= 15 is 0 Å². The molecule has 0 aliphatic rings. The highest BCUT2D eigenvalue weighted by Crippen LogP contribution is 2.20. The molecule has 0 aliphatic carbocycles. The molecule has 12 heavy (non-hydrogen) atoms. The topological polar surface area (TPSA) is 47.0 Å². The molecule has 0 fully saturated rings. The molecule has 0 spiro atoms. The summed E-state index contributed by atoms with van der Waals surface area (Å²) in [6.07, 6.45) is 0.928. The number of pyridine rings is 1. The Morgan fingerprint density at radius 1 is 1.08 bits per heavy atom. The van der Waals surface area contributed by atoms with Gasteiger partial charge in [-0.2, -0.15) is 0 Å². The standard InChI is InChI=1S/C7H3Cl2NO2/c8-4-1-5(9)7(3-12)10-6(4)2-11/h1-3H. The van der Waals surface area contributed by atoms with Crippen molar-refractivity contribution < 1.29 is 9.59 Å². The Labute approximate surface area is 78.3 Å². The minimum atomic E-state index is 0.0168. The number of nitrogens with zero attached hydrogens (tertiary/aromatic N) is 1. The van der Waals surface area contributed by atoms with Crippen LogP contribution in [0.5, 0.6) is 0 Å². The van der Waals surface area contributed by atoms with Crippen molar-refractivity contribution in [2.45, 2.75) is 0 Å². The van der Waals surface area contributed by atoms with Crippen LogP contribution < -0.4 is 0 Å². The average molecular weight is 204 g/mol. The molecule has 0 amide bonds. The summed E-state index contributed by atoms with van der Waals surface area (Å²) in [7, 11) is 0. The van der Waals surface area contributed by atoms with Gasteiger partial charge in [-0.15, -0.1) is 0 Å². The first-order valence-corrected chi connectivity index (χ1v) is 3.71. The number of rotatable bonds is 2. The fourth-order valence-electron chi connectivity index (χ4n) is 0.661. The summed E-state index contributed by atoms with van der Waals surface area (Å²) in [6.45, 7) is 0. The molecule has 1 rings (SSSR count). The Hall–Kier alpha value is -0.930. The number of carbonyl (C=O) groups excluding carboxylic acids is 2. The van der Waals surface area contributed by atoms with Crippen molar-refractivity contribution in [1.82, 2.24) is 4.98 Å². The van der Waals surface area contributed by atoms with Gasteiger partial charge < -0.3 is 0 Å². The van der Waals surface area contributed by atoms with Gasteiger partial charge in [0.25, 0.3) is 0 Å². The van der Waals surface area contributed by atoms with Crippen LogP contribution in [-0.4, -0.2) is 17.6 Å². The van der Waals surface area contributed by atoms with E-state index in [0.717, 1.165) is 0 Å². The highest BCUT2D eigenvalue weighted by molar-refractivity contribution is 6.36. The first kappa shape index (κ1) is 9.16. The van der Waals surface area contributed by atoms with Crippen LogP contribution in [0.3, 0.4) is 0 Å².